The number of amides is 1. The molecule has 0 bridgehead atoms. The summed E-state index contributed by atoms with van der Waals surface area (Å²) in [4.78, 5) is 27.0. The van der Waals surface area contributed by atoms with E-state index in [2.05, 4.69) is 40.4 Å². The van der Waals surface area contributed by atoms with Crippen LogP contribution in [-0.4, -0.2) is 49.9 Å². The van der Waals surface area contributed by atoms with Crippen LogP contribution in [0.5, 0.6) is 0 Å². The van der Waals surface area contributed by atoms with Crippen molar-refractivity contribution >= 4 is 20.2 Å². The summed E-state index contributed by atoms with van der Waals surface area (Å²) < 4.78 is 12.1. The number of ketones is 1. The second-order valence-corrected chi connectivity index (χ2v) is 15.3. The van der Waals surface area contributed by atoms with Crippen molar-refractivity contribution in [2.45, 2.75) is 91.1 Å². The predicted molar refractivity (Wildman–Crippen MR) is 122 cm³/mol. The Hall–Kier alpha value is -1.40. The number of hydrogen-bond acceptors (Lipinski definition) is 4. The molecular weight excluding hydrogens is 382 g/mol. The number of rotatable bonds is 9. The summed E-state index contributed by atoms with van der Waals surface area (Å²) in [6, 6.07) is -0.374. The highest BCUT2D eigenvalue weighted by Gasteiger charge is 2.41. The third-order valence-electron chi connectivity index (χ3n) is 5.62. The Bertz CT molecular complexity index is 636. The Morgan fingerprint density at radius 3 is 2.14 bits per heavy atom. The van der Waals surface area contributed by atoms with E-state index in [1.54, 1.807) is 13.0 Å². The molecule has 29 heavy (non-hydrogen) atoms. The molecule has 0 spiro atoms. The Labute approximate surface area is 178 Å². The van der Waals surface area contributed by atoms with Crippen molar-refractivity contribution in [3.63, 3.8) is 0 Å². The summed E-state index contributed by atoms with van der Waals surface area (Å²) in [5.41, 5.74) is 0.313. The normalized spacial score (nSPS) is 16.6. The highest BCUT2D eigenvalue weighted by molar-refractivity contribution is 6.74. The van der Waals surface area contributed by atoms with Crippen molar-refractivity contribution in [2.24, 2.45) is 5.92 Å². The first-order valence-electron chi connectivity index (χ1n) is 10.6. The second-order valence-electron chi connectivity index (χ2n) is 10.5. The molecule has 5 nitrogen and oxygen atoms in total. The standard InChI is InChI=1S/C23H41NO4Si/c1-11-12-19(25)15-24(21(26)28-22(3,4)5)20(17(2)18-13-14-18)16-27-29(9,10)23(6,7)8/h11-12,18,20H,2,13-16H2,1,3-10H3/b12-11+/t20-/m1/s1. The molecule has 1 saturated carbocycles. The van der Waals surface area contributed by atoms with E-state index in [9.17, 15) is 9.59 Å². The SMILES string of the molecule is C=C(C1CC1)[C@@H](CO[Si](C)(C)C(C)(C)C)N(CC(=O)/C=C/C)C(=O)OC(C)(C)C. The van der Waals surface area contributed by atoms with Crippen LogP contribution in [0.1, 0.15) is 61.3 Å². The maximum atomic E-state index is 13.1. The summed E-state index contributed by atoms with van der Waals surface area (Å²) >= 11 is 0. The van der Waals surface area contributed by atoms with Crippen molar-refractivity contribution in [1.29, 1.82) is 0 Å². The van der Waals surface area contributed by atoms with E-state index in [0.29, 0.717) is 12.5 Å². The molecule has 1 amide bonds. The number of hydrogen-bond donors (Lipinski definition) is 0. The van der Waals surface area contributed by atoms with Crippen LogP contribution in [-0.2, 0) is 14.0 Å². The highest BCUT2D eigenvalue weighted by atomic mass is 28.4. The van der Waals surface area contributed by atoms with Gasteiger partial charge in [0.15, 0.2) is 14.1 Å². The zero-order valence-corrected chi connectivity index (χ0v) is 20.9. The molecule has 0 N–H and O–H groups in total. The predicted octanol–water partition coefficient (Wildman–Crippen LogP) is 5.73. The van der Waals surface area contributed by atoms with Gasteiger partial charge in [-0.3, -0.25) is 9.69 Å². The van der Waals surface area contributed by atoms with E-state index in [0.717, 1.165) is 18.4 Å². The van der Waals surface area contributed by atoms with Crippen molar-refractivity contribution in [3.05, 3.63) is 24.3 Å². The van der Waals surface area contributed by atoms with E-state index in [1.807, 2.05) is 20.8 Å². The van der Waals surface area contributed by atoms with Gasteiger partial charge in [0.05, 0.1) is 19.2 Å². The fourth-order valence-electron chi connectivity index (χ4n) is 2.66. The van der Waals surface area contributed by atoms with E-state index in [1.165, 1.54) is 11.0 Å². The third-order valence-corrected chi connectivity index (χ3v) is 10.1. The second kappa shape index (κ2) is 9.60. The number of allylic oxidation sites excluding steroid dienone is 1. The Morgan fingerprint density at radius 1 is 1.17 bits per heavy atom. The lowest BCUT2D eigenvalue weighted by atomic mass is 10.0. The molecule has 0 saturated heterocycles. The zero-order valence-electron chi connectivity index (χ0n) is 19.9. The summed E-state index contributed by atoms with van der Waals surface area (Å²) in [5.74, 6) is 0.240. The molecule has 0 aromatic carbocycles. The van der Waals surface area contributed by atoms with Gasteiger partial charge >= 0.3 is 6.09 Å². The Balaban J connectivity index is 3.18. The molecule has 0 unspecified atom stereocenters. The van der Waals surface area contributed by atoms with Crippen LogP contribution in [0.25, 0.3) is 0 Å². The molecule has 166 valence electrons. The van der Waals surface area contributed by atoms with Gasteiger partial charge in [-0.2, -0.15) is 0 Å². The van der Waals surface area contributed by atoms with Crippen LogP contribution < -0.4 is 0 Å². The van der Waals surface area contributed by atoms with Gasteiger partial charge in [-0.05, 0) is 76.2 Å². The van der Waals surface area contributed by atoms with Gasteiger partial charge in [0.25, 0.3) is 0 Å². The molecule has 6 heteroatoms. The van der Waals surface area contributed by atoms with Crippen LogP contribution in [0, 0.1) is 5.92 Å². The highest BCUT2D eigenvalue weighted by Crippen LogP contribution is 2.40. The minimum atomic E-state index is -2.03. The third kappa shape index (κ3) is 8.09. The minimum absolute atomic E-state index is 0.0451. The van der Waals surface area contributed by atoms with Crippen LogP contribution in [0.2, 0.25) is 18.1 Å². The van der Waals surface area contributed by atoms with Gasteiger partial charge in [-0.15, -0.1) is 0 Å². The van der Waals surface area contributed by atoms with Gasteiger partial charge in [-0.1, -0.05) is 33.4 Å². The van der Waals surface area contributed by atoms with Crippen LogP contribution in [0.4, 0.5) is 4.79 Å². The molecule has 1 atom stereocenters. The first-order chi connectivity index (χ1) is 13.1. The van der Waals surface area contributed by atoms with Crippen molar-refractivity contribution < 1.29 is 18.8 Å². The molecular formula is C23H41NO4Si. The van der Waals surface area contributed by atoms with Crippen LogP contribution in [0.15, 0.2) is 24.3 Å². The van der Waals surface area contributed by atoms with E-state index in [-0.39, 0.29) is 23.4 Å². The molecule has 1 aliphatic carbocycles. The van der Waals surface area contributed by atoms with E-state index < -0.39 is 20.0 Å². The molecule has 0 radical (unpaired) electrons. The lowest BCUT2D eigenvalue weighted by Gasteiger charge is -2.40. The summed E-state index contributed by atoms with van der Waals surface area (Å²) in [6.45, 7) is 22.8. The molecule has 1 fully saturated rings. The molecule has 0 aromatic heterocycles. The maximum absolute atomic E-state index is 13.1. The van der Waals surface area contributed by atoms with Crippen molar-refractivity contribution in [3.8, 4) is 0 Å². The van der Waals surface area contributed by atoms with Gasteiger partial charge in [-0.25, -0.2) is 4.79 Å². The fraction of sp³-hybridized carbons (Fsp3) is 0.739. The van der Waals surface area contributed by atoms with Crippen molar-refractivity contribution in [2.75, 3.05) is 13.2 Å². The summed E-state index contributed by atoms with van der Waals surface area (Å²) in [5, 5.41) is 0.0516. The van der Waals surface area contributed by atoms with Crippen LogP contribution >= 0.6 is 0 Å². The Kier molecular flexibility index (Phi) is 8.49. The average Bonchev–Trinajstić information content (AvgIpc) is 3.35. The van der Waals surface area contributed by atoms with Crippen molar-refractivity contribution in [1.82, 2.24) is 4.90 Å². The van der Waals surface area contributed by atoms with Crippen LogP contribution in [0.3, 0.4) is 0 Å². The largest absolute Gasteiger partial charge is 0.444 e. The summed E-state index contributed by atoms with van der Waals surface area (Å²) in [6.07, 6.45) is 4.82. The molecule has 0 aliphatic heterocycles. The molecule has 0 aromatic rings. The molecule has 0 heterocycles. The first-order valence-corrected chi connectivity index (χ1v) is 13.5. The summed E-state index contributed by atoms with van der Waals surface area (Å²) in [7, 11) is -2.03. The number of nitrogens with zero attached hydrogens (tertiary/aromatic N) is 1. The average molecular weight is 424 g/mol. The fourth-order valence-corrected chi connectivity index (χ4v) is 3.66. The van der Waals surface area contributed by atoms with Gasteiger partial charge in [0.2, 0.25) is 0 Å². The Morgan fingerprint density at radius 2 is 1.72 bits per heavy atom. The van der Waals surface area contributed by atoms with Gasteiger partial charge in [0.1, 0.15) is 5.60 Å². The number of carbonyl (C=O) groups excluding carboxylic acids is 2. The minimum Gasteiger partial charge on any atom is -0.444 e. The topological polar surface area (TPSA) is 55.8 Å². The quantitative estimate of drug-likeness (QED) is 0.270. The molecule has 1 aliphatic rings. The number of ether oxygens (including phenoxy) is 1. The van der Waals surface area contributed by atoms with Gasteiger partial charge < -0.3 is 9.16 Å². The zero-order chi connectivity index (χ0) is 22.6. The lowest BCUT2D eigenvalue weighted by molar-refractivity contribution is -0.116. The van der Waals surface area contributed by atoms with E-state index in [4.69, 9.17) is 9.16 Å². The maximum Gasteiger partial charge on any atom is 0.411 e. The molecule has 1 rings (SSSR count). The monoisotopic (exact) mass is 423 g/mol. The van der Waals surface area contributed by atoms with E-state index >= 15 is 0 Å². The first kappa shape index (κ1) is 25.6. The number of carbonyl (C=O) groups is 2. The van der Waals surface area contributed by atoms with Gasteiger partial charge in [0, 0.05) is 0 Å². The smallest absolute Gasteiger partial charge is 0.411 e. The lowest BCUT2D eigenvalue weighted by Crippen LogP contribution is -2.51.